The molecule has 1 heterocycles. The molecule has 0 bridgehead atoms. The monoisotopic (exact) mass is 204 g/mol. The third kappa shape index (κ3) is 1.02. The zero-order valence-corrected chi connectivity index (χ0v) is 7.13. The Kier molecular flexibility index (Phi) is 1.59. The molecule has 1 unspecified atom stereocenters. The molecule has 1 atom stereocenters. The topological polar surface area (TPSA) is 18.5 Å². The summed E-state index contributed by atoms with van der Waals surface area (Å²) in [6.07, 6.45) is 4.98. The van der Waals surface area contributed by atoms with Gasteiger partial charge in [0.2, 0.25) is 0 Å². The maximum atomic E-state index is 5.43. The number of allylic oxidation sites excluding steroid dienone is 1. The summed E-state index contributed by atoms with van der Waals surface area (Å²) in [5, 5.41) is 0. The van der Waals surface area contributed by atoms with Gasteiger partial charge in [-0.05, 0) is 6.08 Å². The highest BCUT2D eigenvalue weighted by atomic mass is 79.9. The second kappa shape index (κ2) is 2.32. The van der Waals surface area contributed by atoms with E-state index in [-0.39, 0.29) is 5.79 Å². The van der Waals surface area contributed by atoms with Crippen LogP contribution in [0.15, 0.2) is 12.2 Å². The van der Waals surface area contributed by atoms with Crippen LogP contribution in [0.5, 0.6) is 0 Å². The normalized spacial score (nSPS) is 35.9. The smallest absolute Gasteiger partial charge is 0.189 e. The van der Waals surface area contributed by atoms with Gasteiger partial charge in [0.05, 0.1) is 13.2 Å². The second-order valence-corrected chi connectivity index (χ2v) is 3.76. The summed E-state index contributed by atoms with van der Waals surface area (Å²) in [4.78, 5) is 0.422. The molecule has 2 nitrogen and oxygen atoms in total. The average Bonchev–Trinajstić information content (AvgIpc) is 2.46. The first-order valence-corrected chi connectivity index (χ1v) is 4.34. The van der Waals surface area contributed by atoms with Crippen LogP contribution >= 0.6 is 15.9 Å². The molecule has 10 heavy (non-hydrogen) atoms. The van der Waals surface area contributed by atoms with Crippen LogP contribution < -0.4 is 0 Å². The Labute approximate surface area is 68.3 Å². The summed E-state index contributed by atoms with van der Waals surface area (Å²) in [6, 6.07) is 0. The van der Waals surface area contributed by atoms with E-state index in [9.17, 15) is 0 Å². The van der Waals surface area contributed by atoms with Gasteiger partial charge in [-0.1, -0.05) is 22.0 Å². The lowest BCUT2D eigenvalue weighted by atomic mass is 10.2. The number of hydrogen-bond acceptors (Lipinski definition) is 2. The number of ether oxygens (including phenoxy) is 2. The van der Waals surface area contributed by atoms with Crippen molar-refractivity contribution in [2.75, 3.05) is 13.2 Å². The van der Waals surface area contributed by atoms with Crippen molar-refractivity contribution in [2.45, 2.75) is 17.0 Å². The van der Waals surface area contributed by atoms with E-state index in [2.05, 4.69) is 22.0 Å². The largest absolute Gasteiger partial charge is 0.344 e. The van der Waals surface area contributed by atoms with Gasteiger partial charge in [0.15, 0.2) is 5.79 Å². The molecule has 3 heteroatoms. The summed E-state index contributed by atoms with van der Waals surface area (Å²) in [7, 11) is 0. The van der Waals surface area contributed by atoms with Gasteiger partial charge in [0, 0.05) is 11.2 Å². The van der Waals surface area contributed by atoms with Gasteiger partial charge in [-0.25, -0.2) is 0 Å². The molecule has 56 valence electrons. The first-order chi connectivity index (χ1) is 4.81. The van der Waals surface area contributed by atoms with Crippen LogP contribution in [0.3, 0.4) is 0 Å². The van der Waals surface area contributed by atoms with Gasteiger partial charge in [0.25, 0.3) is 0 Å². The molecule has 1 fully saturated rings. The molecule has 0 radical (unpaired) electrons. The lowest BCUT2D eigenvalue weighted by molar-refractivity contribution is -0.113. The Balaban J connectivity index is 2.11. The Hall–Kier alpha value is 0.140. The summed E-state index contributed by atoms with van der Waals surface area (Å²) >= 11 is 3.48. The fourth-order valence-electron chi connectivity index (χ4n) is 1.34. The molecule has 2 aliphatic rings. The van der Waals surface area contributed by atoms with E-state index in [1.807, 2.05) is 6.08 Å². The predicted octanol–water partition coefficient (Wildman–Crippen LogP) is 1.45. The van der Waals surface area contributed by atoms with Gasteiger partial charge >= 0.3 is 0 Å². The van der Waals surface area contributed by atoms with Crippen LogP contribution in [0.2, 0.25) is 0 Å². The third-order valence-corrected chi connectivity index (χ3v) is 2.44. The second-order valence-electron chi connectivity index (χ2n) is 2.59. The fraction of sp³-hybridized carbons (Fsp3) is 0.714. The summed E-state index contributed by atoms with van der Waals surface area (Å²) in [6.45, 7) is 1.45. The van der Waals surface area contributed by atoms with E-state index in [1.165, 1.54) is 0 Å². The van der Waals surface area contributed by atoms with Crippen molar-refractivity contribution in [3.05, 3.63) is 12.2 Å². The molecule has 0 aromatic heterocycles. The first kappa shape index (κ1) is 6.83. The molecule has 0 saturated carbocycles. The van der Waals surface area contributed by atoms with E-state index >= 15 is 0 Å². The molecule has 1 aliphatic heterocycles. The maximum absolute atomic E-state index is 5.43. The third-order valence-electron chi connectivity index (χ3n) is 1.81. The predicted molar refractivity (Wildman–Crippen MR) is 41.1 cm³/mol. The van der Waals surface area contributed by atoms with E-state index in [0.717, 1.165) is 19.6 Å². The molecular weight excluding hydrogens is 196 g/mol. The van der Waals surface area contributed by atoms with E-state index in [1.54, 1.807) is 0 Å². The zero-order chi connectivity index (χ0) is 7.03. The van der Waals surface area contributed by atoms with Crippen molar-refractivity contribution in [1.82, 2.24) is 0 Å². The SMILES string of the molecule is BrC1C=CC2(C1)OCCO2. The van der Waals surface area contributed by atoms with Crippen LogP contribution in [-0.4, -0.2) is 23.8 Å². The number of rotatable bonds is 0. The molecule has 0 N–H and O–H groups in total. The minimum absolute atomic E-state index is 0.367. The highest BCUT2D eigenvalue weighted by molar-refractivity contribution is 9.09. The van der Waals surface area contributed by atoms with Crippen LogP contribution in [0, 0.1) is 0 Å². The van der Waals surface area contributed by atoms with Crippen LogP contribution in [0.1, 0.15) is 6.42 Å². The highest BCUT2D eigenvalue weighted by Crippen LogP contribution is 2.34. The van der Waals surface area contributed by atoms with Crippen LogP contribution in [0.25, 0.3) is 0 Å². The quantitative estimate of drug-likeness (QED) is 0.440. The molecule has 0 amide bonds. The molecular formula is C7H9BrO2. The highest BCUT2D eigenvalue weighted by Gasteiger charge is 2.38. The molecule has 0 aromatic rings. The van der Waals surface area contributed by atoms with Gasteiger partial charge in [-0.2, -0.15) is 0 Å². The van der Waals surface area contributed by atoms with E-state index in [0.29, 0.717) is 4.83 Å². The average molecular weight is 205 g/mol. The van der Waals surface area contributed by atoms with Gasteiger partial charge < -0.3 is 9.47 Å². The minimum Gasteiger partial charge on any atom is -0.344 e. The lowest BCUT2D eigenvalue weighted by Crippen LogP contribution is -2.25. The zero-order valence-electron chi connectivity index (χ0n) is 5.55. The Morgan fingerprint density at radius 2 is 2.10 bits per heavy atom. The van der Waals surface area contributed by atoms with Crippen molar-refractivity contribution in [1.29, 1.82) is 0 Å². The van der Waals surface area contributed by atoms with E-state index in [4.69, 9.17) is 9.47 Å². The fourth-order valence-corrected chi connectivity index (χ4v) is 1.95. The van der Waals surface area contributed by atoms with Gasteiger partial charge in [-0.3, -0.25) is 0 Å². The minimum atomic E-state index is -0.367. The van der Waals surface area contributed by atoms with Crippen molar-refractivity contribution in [2.24, 2.45) is 0 Å². The molecule has 1 spiro atoms. The molecule has 1 aliphatic carbocycles. The number of halogens is 1. The van der Waals surface area contributed by atoms with Crippen molar-refractivity contribution in [3.8, 4) is 0 Å². The lowest BCUT2D eigenvalue weighted by Gasteiger charge is -2.19. The number of hydrogen-bond donors (Lipinski definition) is 0. The number of alkyl halides is 1. The molecule has 0 aromatic carbocycles. The van der Waals surface area contributed by atoms with Crippen molar-refractivity contribution >= 4 is 15.9 Å². The Bertz CT molecular complexity index is 161. The first-order valence-electron chi connectivity index (χ1n) is 3.42. The standard InChI is InChI=1S/C7H9BrO2/c8-6-1-2-7(5-6)9-3-4-10-7/h1-2,6H,3-5H2. The van der Waals surface area contributed by atoms with Crippen molar-refractivity contribution in [3.63, 3.8) is 0 Å². The van der Waals surface area contributed by atoms with Crippen LogP contribution in [0.4, 0.5) is 0 Å². The Morgan fingerprint density at radius 1 is 1.40 bits per heavy atom. The van der Waals surface area contributed by atoms with Crippen molar-refractivity contribution < 1.29 is 9.47 Å². The summed E-state index contributed by atoms with van der Waals surface area (Å²) in [5.74, 6) is -0.367. The van der Waals surface area contributed by atoms with Gasteiger partial charge in [-0.15, -0.1) is 0 Å². The summed E-state index contributed by atoms with van der Waals surface area (Å²) in [5.41, 5.74) is 0. The molecule has 2 rings (SSSR count). The molecule has 1 saturated heterocycles. The van der Waals surface area contributed by atoms with E-state index < -0.39 is 0 Å². The Morgan fingerprint density at radius 3 is 2.60 bits per heavy atom. The van der Waals surface area contributed by atoms with Gasteiger partial charge in [0.1, 0.15) is 0 Å². The summed E-state index contributed by atoms with van der Waals surface area (Å²) < 4.78 is 10.9. The maximum Gasteiger partial charge on any atom is 0.189 e. The van der Waals surface area contributed by atoms with Crippen LogP contribution in [-0.2, 0) is 9.47 Å².